The summed E-state index contributed by atoms with van der Waals surface area (Å²) >= 11 is 0. The van der Waals surface area contributed by atoms with E-state index in [1.165, 1.54) is 0 Å². The lowest BCUT2D eigenvalue weighted by molar-refractivity contribution is 0.0192. The van der Waals surface area contributed by atoms with E-state index in [1.807, 2.05) is 38.1 Å². The molecule has 2 rings (SSSR count). The number of rotatable bonds is 2. The maximum atomic E-state index is 11.0. The van der Waals surface area contributed by atoms with E-state index in [4.69, 9.17) is 0 Å². The third-order valence-electron chi connectivity index (χ3n) is 5.29. The smallest absolute Gasteiger partial charge is 0.118 e. The minimum atomic E-state index is -0.540. The third-order valence-corrected chi connectivity index (χ3v) is 5.29. The van der Waals surface area contributed by atoms with Gasteiger partial charge in [-0.1, -0.05) is 58.1 Å². The van der Waals surface area contributed by atoms with Crippen LogP contribution in [0.15, 0.2) is 47.6 Å². The Morgan fingerprint density at radius 2 is 1.78 bits per heavy atom. The fourth-order valence-corrected chi connectivity index (χ4v) is 2.88. The summed E-state index contributed by atoms with van der Waals surface area (Å²) in [6, 6.07) is 5.52. The summed E-state index contributed by atoms with van der Waals surface area (Å²) in [4.78, 5) is 0. The summed E-state index contributed by atoms with van der Waals surface area (Å²) in [5.74, 6) is 0.304. The Hall–Kier alpha value is -1.80. The molecule has 2 heteroatoms. The second kappa shape index (κ2) is 6.01. The van der Waals surface area contributed by atoms with Gasteiger partial charge in [-0.05, 0) is 53.7 Å². The summed E-state index contributed by atoms with van der Waals surface area (Å²) in [5.41, 5.74) is 3.55. The van der Waals surface area contributed by atoms with Crippen LogP contribution in [-0.4, -0.2) is 16.3 Å². The molecule has 2 unspecified atom stereocenters. The SMILES string of the molecule is CC1=C(C=Cc2ccc(O)c(C)c2)C(O)C(C)(C(C)(C)C)C=C1. The number of allylic oxidation sites excluding steroid dienone is 2. The molecular weight excluding hydrogens is 284 g/mol. The predicted octanol–water partition coefficient (Wildman–Crippen LogP) is 5.01. The van der Waals surface area contributed by atoms with E-state index in [-0.39, 0.29) is 10.8 Å². The zero-order chi connectivity index (χ0) is 17.4. The molecule has 23 heavy (non-hydrogen) atoms. The van der Waals surface area contributed by atoms with Gasteiger partial charge in [0.25, 0.3) is 0 Å². The molecule has 0 saturated heterocycles. The summed E-state index contributed by atoms with van der Waals surface area (Å²) < 4.78 is 0. The van der Waals surface area contributed by atoms with Crippen LogP contribution >= 0.6 is 0 Å². The molecule has 0 radical (unpaired) electrons. The number of hydrogen-bond donors (Lipinski definition) is 2. The molecule has 0 bridgehead atoms. The van der Waals surface area contributed by atoms with Crippen LogP contribution in [0.4, 0.5) is 0 Å². The van der Waals surface area contributed by atoms with Gasteiger partial charge in [0.1, 0.15) is 5.75 Å². The van der Waals surface area contributed by atoms with Crippen molar-refractivity contribution in [3.8, 4) is 5.75 Å². The van der Waals surface area contributed by atoms with E-state index in [9.17, 15) is 10.2 Å². The number of aliphatic hydroxyl groups is 1. The third kappa shape index (κ3) is 3.28. The van der Waals surface area contributed by atoms with Gasteiger partial charge >= 0.3 is 0 Å². The van der Waals surface area contributed by atoms with Crippen LogP contribution in [0.5, 0.6) is 5.75 Å². The number of phenols is 1. The van der Waals surface area contributed by atoms with Gasteiger partial charge in [-0.2, -0.15) is 0 Å². The first kappa shape index (κ1) is 17.6. The normalized spacial score (nSPS) is 25.4. The second-order valence-electron chi connectivity index (χ2n) is 7.79. The standard InChI is InChI=1S/C21H28O2/c1-14-11-12-21(6,20(3,4)5)19(23)17(14)9-7-16-8-10-18(22)15(2)13-16/h7-13,19,22-23H,1-6H3. The molecule has 0 amide bonds. The molecule has 2 nitrogen and oxygen atoms in total. The van der Waals surface area contributed by atoms with Gasteiger partial charge < -0.3 is 10.2 Å². The molecule has 2 atom stereocenters. The van der Waals surface area contributed by atoms with Gasteiger partial charge in [-0.3, -0.25) is 0 Å². The summed E-state index contributed by atoms with van der Waals surface area (Å²) in [5, 5.41) is 20.6. The molecule has 2 N–H and O–H groups in total. The maximum absolute atomic E-state index is 11.0. The summed E-state index contributed by atoms with van der Waals surface area (Å²) in [6.45, 7) is 12.5. The van der Waals surface area contributed by atoms with Crippen molar-refractivity contribution in [2.75, 3.05) is 0 Å². The number of phenolic OH excluding ortho intramolecular Hbond substituents is 1. The van der Waals surface area contributed by atoms with Crippen LogP contribution in [0, 0.1) is 17.8 Å². The topological polar surface area (TPSA) is 40.5 Å². The van der Waals surface area contributed by atoms with E-state index in [1.54, 1.807) is 6.07 Å². The first-order valence-corrected chi connectivity index (χ1v) is 8.12. The average molecular weight is 312 g/mol. The molecule has 0 heterocycles. The Balaban J connectivity index is 2.36. The van der Waals surface area contributed by atoms with Gasteiger partial charge in [0, 0.05) is 5.41 Å². The van der Waals surface area contributed by atoms with Crippen LogP contribution in [0.25, 0.3) is 6.08 Å². The highest BCUT2D eigenvalue weighted by molar-refractivity contribution is 5.58. The zero-order valence-corrected chi connectivity index (χ0v) is 15.0. The van der Waals surface area contributed by atoms with Crippen LogP contribution in [0.3, 0.4) is 0 Å². The predicted molar refractivity (Wildman–Crippen MR) is 97.3 cm³/mol. The summed E-state index contributed by atoms with van der Waals surface area (Å²) in [7, 11) is 0. The van der Waals surface area contributed by atoms with Crippen molar-refractivity contribution in [2.24, 2.45) is 10.8 Å². The quantitative estimate of drug-likeness (QED) is 0.805. The van der Waals surface area contributed by atoms with Crippen LogP contribution in [0.2, 0.25) is 0 Å². The molecule has 1 aliphatic carbocycles. The monoisotopic (exact) mass is 312 g/mol. The van der Waals surface area contributed by atoms with Crippen molar-refractivity contribution in [1.29, 1.82) is 0 Å². The Morgan fingerprint density at radius 3 is 2.35 bits per heavy atom. The van der Waals surface area contributed by atoms with Crippen molar-refractivity contribution >= 4 is 6.08 Å². The molecule has 0 aliphatic heterocycles. The van der Waals surface area contributed by atoms with E-state index in [2.05, 4.69) is 39.8 Å². The van der Waals surface area contributed by atoms with Gasteiger partial charge in [0.15, 0.2) is 0 Å². The van der Waals surface area contributed by atoms with Gasteiger partial charge in [0.2, 0.25) is 0 Å². The number of benzene rings is 1. The largest absolute Gasteiger partial charge is 0.508 e. The molecule has 1 aliphatic rings. The first-order valence-electron chi connectivity index (χ1n) is 8.12. The minimum Gasteiger partial charge on any atom is -0.508 e. The lowest BCUT2D eigenvalue weighted by atomic mass is 9.61. The molecule has 1 aromatic rings. The van der Waals surface area contributed by atoms with Gasteiger partial charge in [-0.15, -0.1) is 0 Å². The van der Waals surface area contributed by atoms with Gasteiger partial charge in [0.05, 0.1) is 6.10 Å². The van der Waals surface area contributed by atoms with E-state index < -0.39 is 6.10 Å². The number of hydrogen-bond acceptors (Lipinski definition) is 2. The highest BCUT2D eigenvalue weighted by atomic mass is 16.3. The Kier molecular flexibility index (Phi) is 4.59. The lowest BCUT2D eigenvalue weighted by Crippen LogP contribution is -2.44. The van der Waals surface area contributed by atoms with Crippen LogP contribution in [-0.2, 0) is 0 Å². The molecular formula is C21H28O2. The van der Waals surface area contributed by atoms with Crippen molar-refractivity contribution in [3.63, 3.8) is 0 Å². The maximum Gasteiger partial charge on any atom is 0.118 e. The van der Waals surface area contributed by atoms with Gasteiger partial charge in [-0.25, -0.2) is 0 Å². The van der Waals surface area contributed by atoms with Crippen molar-refractivity contribution in [1.82, 2.24) is 0 Å². The Labute approximate surface area is 139 Å². The second-order valence-corrected chi connectivity index (χ2v) is 7.79. The lowest BCUT2D eigenvalue weighted by Gasteiger charge is -2.46. The van der Waals surface area contributed by atoms with Crippen LogP contribution < -0.4 is 0 Å². The Morgan fingerprint density at radius 1 is 1.13 bits per heavy atom. The first-order chi connectivity index (χ1) is 10.6. The summed E-state index contributed by atoms with van der Waals surface area (Å²) in [6.07, 6.45) is 7.70. The molecule has 1 aromatic carbocycles. The zero-order valence-electron chi connectivity index (χ0n) is 15.0. The Bertz CT molecular complexity index is 686. The minimum absolute atomic E-state index is 0.0438. The van der Waals surface area contributed by atoms with E-state index in [0.29, 0.717) is 5.75 Å². The number of aliphatic hydroxyl groups excluding tert-OH is 1. The molecule has 0 fully saturated rings. The van der Waals surface area contributed by atoms with Crippen molar-refractivity contribution < 1.29 is 10.2 Å². The fourth-order valence-electron chi connectivity index (χ4n) is 2.88. The van der Waals surface area contributed by atoms with Crippen LogP contribution in [0.1, 0.15) is 45.7 Å². The number of aromatic hydroxyl groups is 1. The molecule has 0 saturated carbocycles. The van der Waals surface area contributed by atoms with Crippen molar-refractivity contribution in [3.05, 3.63) is 58.7 Å². The molecule has 0 spiro atoms. The average Bonchev–Trinajstić information content (AvgIpc) is 2.45. The highest BCUT2D eigenvalue weighted by Gasteiger charge is 2.44. The van der Waals surface area contributed by atoms with Crippen molar-refractivity contribution in [2.45, 2.75) is 47.6 Å². The highest BCUT2D eigenvalue weighted by Crippen LogP contribution is 2.47. The fraction of sp³-hybridized carbons (Fsp3) is 0.429. The molecule has 124 valence electrons. The van der Waals surface area contributed by atoms with E-state index >= 15 is 0 Å². The van der Waals surface area contributed by atoms with E-state index in [0.717, 1.165) is 22.3 Å². The molecule has 0 aromatic heterocycles. The number of aryl methyl sites for hydroxylation is 1.